The number of benzene rings is 1. The summed E-state index contributed by atoms with van der Waals surface area (Å²) in [7, 11) is 3.32. The molecule has 1 saturated heterocycles. The number of anilines is 1. The standard InChI is InChI=1S/C18H25N3O3S/c1-11(2)19-17(22)12-7-9-21(10-8-12)18-20-15-13(23-3)5-6-14(24-4)16(15)25-18/h5-6,11-12H,7-10H2,1-4H3,(H,19,22). The Bertz CT molecular complexity index is 710. The van der Waals surface area contributed by atoms with Crippen LogP contribution in [-0.2, 0) is 4.79 Å². The smallest absolute Gasteiger partial charge is 0.223 e. The summed E-state index contributed by atoms with van der Waals surface area (Å²) in [5.41, 5.74) is 0.835. The number of hydrogen-bond donors (Lipinski definition) is 1. The number of fused-ring (bicyclic) bond motifs is 1. The third-order valence-electron chi connectivity index (χ3n) is 4.47. The number of piperidine rings is 1. The molecule has 2 heterocycles. The molecule has 25 heavy (non-hydrogen) atoms. The third kappa shape index (κ3) is 3.66. The van der Waals surface area contributed by atoms with Gasteiger partial charge in [0, 0.05) is 25.0 Å². The van der Waals surface area contributed by atoms with Gasteiger partial charge >= 0.3 is 0 Å². The van der Waals surface area contributed by atoms with Crippen LogP contribution < -0.4 is 19.7 Å². The second-order valence-corrected chi connectivity index (χ2v) is 7.55. The Morgan fingerprint density at radius 1 is 1.24 bits per heavy atom. The molecule has 6 nitrogen and oxygen atoms in total. The maximum absolute atomic E-state index is 12.2. The number of rotatable bonds is 5. The summed E-state index contributed by atoms with van der Waals surface area (Å²) in [5, 5.41) is 3.97. The van der Waals surface area contributed by atoms with E-state index in [2.05, 4.69) is 10.2 Å². The van der Waals surface area contributed by atoms with Gasteiger partial charge in [-0.15, -0.1) is 0 Å². The van der Waals surface area contributed by atoms with Crippen LogP contribution in [0.25, 0.3) is 10.2 Å². The molecule has 7 heteroatoms. The molecule has 1 aromatic heterocycles. The number of ether oxygens (including phenoxy) is 2. The van der Waals surface area contributed by atoms with Gasteiger partial charge in [0.25, 0.3) is 0 Å². The van der Waals surface area contributed by atoms with E-state index in [1.54, 1.807) is 25.6 Å². The monoisotopic (exact) mass is 363 g/mol. The molecule has 1 aliphatic rings. The van der Waals surface area contributed by atoms with Gasteiger partial charge < -0.3 is 19.7 Å². The Hall–Kier alpha value is -2.02. The predicted molar refractivity (Wildman–Crippen MR) is 101 cm³/mol. The number of carbonyl (C=O) groups excluding carboxylic acids is 1. The molecule has 0 aliphatic carbocycles. The van der Waals surface area contributed by atoms with Crippen LogP contribution >= 0.6 is 11.3 Å². The van der Waals surface area contributed by atoms with Crippen molar-refractivity contribution in [2.45, 2.75) is 32.7 Å². The van der Waals surface area contributed by atoms with Crippen molar-refractivity contribution in [3.05, 3.63) is 12.1 Å². The lowest BCUT2D eigenvalue weighted by Gasteiger charge is -2.31. The van der Waals surface area contributed by atoms with Crippen molar-refractivity contribution in [3.8, 4) is 11.5 Å². The van der Waals surface area contributed by atoms with E-state index in [-0.39, 0.29) is 17.9 Å². The van der Waals surface area contributed by atoms with Crippen LogP contribution in [0.1, 0.15) is 26.7 Å². The molecule has 1 aromatic carbocycles. The molecule has 3 rings (SSSR count). The van der Waals surface area contributed by atoms with Crippen molar-refractivity contribution >= 4 is 32.6 Å². The molecule has 0 bridgehead atoms. The van der Waals surface area contributed by atoms with Crippen LogP contribution in [0.3, 0.4) is 0 Å². The summed E-state index contributed by atoms with van der Waals surface area (Å²) in [5.74, 6) is 1.83. The minimum absolute atomic E-state index is 0.0945. The quantitative estimate of drug-likeness (QED) is 0.885. The Kier molecular flexibility index (Phi) is 5.32. The number of hydrogen-bond acceptors (Lipinski definition) is 6. The number of amides is 1. The molecule has 0 saturated carbocycles. The lowest BCUT2D eigenvalue weighted by atomic mass is 9.96. The highest BCUT2D eigenvalue weighted by Crippen LogP contribution is 2.40. The maximum Gasteiger partial charge on any atom is 0.223 e. The predicted octanol–water partition coefficient (Wildman–Crippen LogP) is 3.05. The zero-order valence-corrected chi connectivity index (χ0v) is 16.0. The average molecular weight is 363 g/mol. The van der Waals surface area contributed by atoms with E-state index in [1.807, 2.05) is 26.0 Å². The van der Waals surface area contributed by atoms with Crippen molar-refractivity contribution in [2.24, 2.45) is 5.92 Å². The Balaban J connectivity index is 1.76. The molecule has 1 aliphatic heterocycles. The van der Waals surface area contributed by atoms with Crippen molar-refractivity contribution in [3.63, 3.8) is 0 Å². The molecule has 1 amide bonds. The van der Waals surface area contributed by atoms with Gasteiger partial charge in [0.05, 0.1) is 14.2 Å². The fourth-order valence-corrected chi connectivity index (χ4v) is 4.27. The molecule has 2 aromatic rings. The highest BCUT2D eigenvalue weighted by molar-refractivity contribution is 7.22. The van der Waals surface area contributed by atoms with Gasteiger partial charge in [0.2, 0.25) is 5.91 Å². The van der Waals surface area contributed by atoms with Gasteiger partial charge in [-0.2, -0.15) is 0 Å². The first-order valence-corrected chi connectivity index (χ1v) is 9.42. The van der Waals surface area contributed by atoms with Gasteiger partial charge in [-0.25, -0.2) is 4.98 Å². The second kappa shape index (κ2) is 7.47. The minimum Gasteiger partial charge on any atom is -0.495 e. The number of nitrogens with zero attached hydrogens (tertiary/aromatic N) is 2. The Labute approximate surface area is 152 Å². The van der Waals surface area contributed by atoms with E-state index in [1.165, 1.54) is 0 Å². The number of aromatic nitrogens is 1. The van der Waals surface area contributed by atoms with E-state index in [9.17, 15) is 4.79 Å². The molecular weight excluding hydrogens is 338 g/mol. The molecule has 0 unspecified atom stereocenters. The average Bonchev–Trinajstić information content (AvgIpc) is 3.05. The number of carbonyl (C=O) groups is 1. The van der Waals surface area contributed by atoms with Crippen LogP contribution in [0.15, 0.2) is 12.1 Å². The lowest BCUT2D eigenvalue weighted by Crippen LogP contribution is -2.42. The van der Waals surface area contributed by atoms with Gasteiger partial charge in [0.1, 0.15) is 21.7 Å². The van der Waals surface area contributed by atoms with Crippen LogP contribution in [-0.4, -0.2) is 44.2 Å². The molecule has 0 atom stereocenters. The first-order chi connectivity index (χ1) is 12.0. The molecule has 136 valence electrons. The summed E-state index contributed by atoms with van der Waals surface area (Å²) in [6.45, 7) is 5.66. The molecular formula is C18H25N3O3S. The topological polar surface area (TPSA) is 63.7 Å². The summed E-state index contributed by atoms with van der Waals surface area (Å²) >= 11 is 1.61. The van der Waals surface area contributed by atoms with Crippen molar-refractivity contribution in [1.82, 2.24) is 10.3 Å². The van der Waals surface area contributed by atoms with Crippen LogP contribution in [0.4, 0.5) is 5.13 Å². The van der Waals surface area contributed by atoms with E-state index >= 15 is 0 Å². The number of methoxy groups -OCH3 is 2. The first kappa shape index (κ1) is 17.8. The first-order valence-electron chi connectivity index (χ1n) is 8.60. The van der Waals surface area contributed by atoms with Crippen molar-refractivity contribution in [2.75, 3.05) is 32.2 Å². The van der Waals surface area contributed by atoms with Gasteiger partial charge in [-0.05, 0) is 38.8 Å². The van der Waals surface area contributed by atoms with Crippen molar-refractivity contribution < 1.29 is 14.3 Å². The summed E-state index contributed by atoms with van der Waals surface area (Å²) in [4.78, 5) is 19.2. The molecule has 1 fully saturated rings. The summed E-state index contributed by atoms with van der Waals surface area (Å²) < 4.78 is 11.9. The largest absolute Gasteiger partial charge is 0.495 e. The molecule has 1 N–H and O–H groups in total. The van der Waals surface area contributed by atoms with E-state index < -0.39 is 0 Å². The van der Waals surface area contributed by atoms with Crippen molar-refractivity contribution in [1.29, 1.82) is 0 Å². The zero-order valence-electron chi connectivity index (χ0n) is 15.2. The van der Waals surface area contributed by atoms with Gasteiger partial charge in [0.15, 0.2) is 5.13 Å². The van der Waals surface area contributed by atoms with E-state index in [0.717, 1.165) is 52.8 Å². The Morgan fingerprint density at radius 2 is 1.88 bits per heavy atom. The highest BCUT2D eigenvalue weighted by Gasteiger charge is 2.27. The van der Waals surface area contributed by atoms with Crippen LogP contribution in [0.2, 0.25) is 0 Å². The second-order valence-electron chi connectivity index (χ2n) is 6.57. The van der Waals surface area contributed by atoms with E-state index in [0.29, 0.717) is 0 Å². The normalized spacial score (nSPS) is 15.6. The summed E-state index contributed by atoms with van der Waals surface area (Å²) in [6.07, 6.45) is 1.70. The molecule has 0 spiro atoms. The number of thiazole rings is 1. The lowest BCUT2D eigenvalue weighted by molar-refractivity contribution is -0.126. The highest BCUT2D eigenvalue weighted by atomic mass is 32.1. The third-order valence-corrected chi connectivity index (χ3v) is 5.60. The van der Waals surface area contributed by atoms with Crippen LogP contribution in [0, 0.1) is 5.92 Å². The van der Waals surface area contributed by atoms with Gasteiger partial charge in [-0.1, -0.05) is 11.3 Å². The fraction of sp³-hybridized carbons (Fsp3) is 0.556. The zero-order chi connectivity index (χ0) is 18.0. The Morgan fingerprint density at radius 3 is 2.48 bits per heavy atom. The summed E-state index contributed by atoms with van der Waals surface area (Å²) in [6, 6.07) is 3.98. The molecule has 0 radical (unpaired) electrons. The minimum atomic E-state index is 0.0945. The number of nitrogens with one attached hydrogen (secondary N) is 1. The fourth-order valence-electron chi connectivity index (χ4n) is 3.14. The SMILES string of the molecule is COc1ccc(OC)c2sc(N3CCC(C(=O)NC(C)C)CC3)nc12. The van der Waals surface area contributed by atoms with Gasteiger partial charge in [-0.3, -0.25) is 4.79 Å². The van der Waals surface area contributed by atoms with E-state index in [4.69, 9.17) is 14.5 Å². The van der Waals surface area contributed by atoms with Crippen LogP contribution in [0.5, 0.6) is 11.5 Å². The maximum atomic E-state index is 12.2.